The smallest absolute Gasteiger partial charge is 0.229 e. The number of anilines is 1. The number of carbonyl (C=O) groups is 1. The number of benzene rings is 1. The maximum Gasteiger partial charge on any atom is 0.229 e. The van der Waals surface area contributed by atoms with Crippen LogP contribution < -0.4 is 10.6 Å². The largest absolute Gasteiger partial charge is 0.344 e. The third-order valence-electron chi connectivity index (χ3n) is 2.71. The van der Waals surface area contributed by atoms with Crippen molar-refractivity contribution in [2.24, 2.45) is 0 Å². The number of rotatable bonds is 5. The van der Waals surface area contributed by atoms with Crippen molar-refractivity contribution >= 4 is 17.6 Å². The van der Waals surface area contributed by atoms with Gasteiger partial charge in [0.1, 0.15) is 5.84 Å². The van der Waals surface area contributed by atoms with E-state index < -0.39 is 5.82 Å². The fraction of sp³-hybridized carbons (Fsp3) is 0.0625. The summed E-state index contributed by atoms with van der Waals surface area (Å²) in [6, 6.07) is 12.0. The summed E-state index contributed by atoms with van der Waals surface area (Å²) in [4.78, 5) is 15.5. The molecule has 0 saturated heterocycles. The molecule has 112 valence electrons. The topological polar surface area (TPSA) is 77.9 Å². The zero-order valence-electron chi connectivity index (χ0n) is 11.7. The van der Waals surface area contributed by atoms with E-state index in [1.54, 1.807) is 0 Å². The molecule has 1 aromatic heterocycles. The molecule has 0 spiro atoms. The van der Waals surface area contributed by atoms with Gasteiger partial charge in [-0.2, -0.15) is 0 Å². The van der Waals surface area contributed by atoms with E-state index in [4.69, 9.17) is 5.41 Å². The highest BCUT2D eigenvalue weighted by atomic mass is 19.1. The van der Waals surface area contributed by atoms with Gasteiger partial charge in [-0.3, -0.25) is 10.2 Å². The van der Waals surface area contributed by atoms with Gasteiger partial charge in [0.05, 0.1) is 6.42 Å². The van der Waals surface area contributed by atoms with Gasteiger partial charge in [-0.15, -0.1) is 0 Å². The highest BCUT2D eigenvalue weighted by Gasteiger charge is 2.04. The molecule has 0 aliphatic carbocycles. The van der Waals surface area contributed by atoms with E-state index in [-0.39, 0.29) is 24.0 Å². The first-order valence-electron chi connectivity index (χ1n) is 6.61. The Bertz CT molecular complexity index is 686. The number of aromatic nitrogens is 1. The van der Waals surface area contributed by atoms with Crippen LogP contribution in [0.3, 0.4) is 0 Å². The summed E-state index contributed by atoms with van der Waals surface area (Å²) in [5.74, 6) is -0.816. The van der Waals surface area contributed by atoms with Crippen LogP contribution >= 0.6 is 0 Å². The van der Waals surface area contributed by atoms with Gasteiger partial charge in [-0.1, -0.05) is 30.3 Å². The molecular formula is C16H15FN4O. The van der Waals surface area contributed by atoms with Gasteiger partial charge >= 0.3 is 0 Å². The third-order valence-corrected chi connectivity index (χ3v) is 2.71. The standard InChI is InChI=1S/C16H15FN4O/c17-13-7-4-9-19-16(13)20-10-8-14(18)21-15(22)11-12-5-2-1-3-6-12/h1-10H,11H2,(H,19,20)(H2,18,21,22)/b10-8-. The van der Waals surface area contributed by atoms with Crippen LogP contribution in [0.5, 0.6) is 0 Å². The van der Waals surface area contributed by atoms with Crippen LogP contribution in [-0.2, 0) is 11.2 Å². The van der Waals surface area contributed by atoms with Gasteiger partial charge in [-0.05, 0) is 23.8 Å². The molecule has 1 aromatic carbocycles. The van der Waals surface area contributed by atoms with Crippen molar-refractivity contribution in [1.29, 1.82) is 5.41 Å². The van der Waals surface area contributed by atoms with E-state index in [1.807, 2.05) is 30.3 Å². The van der Waals surface area contributed by atoms with Crippen LogP contribution in [0.25, 0.3) is 0 Å². The predicted molar refractivity (Wildman–Crippen MR) is 83.0 cm³/mol. The van der Waals surface area contributed by atoms with Crippen LogP contribution in [0.2, 0.25) is 0 Å². The molecule has 22 heavy (non-hydrogen) atoms. The Kier molecular flexibility index (Phi) is 5.37. The second-order valence-electron chi connectivity index (χ2n) is 4.44. The Balaban J connectivity index is 1.81. The molecule has 6 heteroatoms. The highest BCUT2D eigenvalue weighted by Crippen LogP contribution is 2.07. The molecule has 0 aliphatic rings. The lowest BCUT2D eigenvalue weighted by Crippen LogP contribution is -2.29. The summed E-state index contributed by atoms with van der Waals surface area (Å²) >= 11 is 0. The number of carbonyl (C=O) groups excluding carboxylic acids is 1. The molecule has 3 N–H and O–H groups in total. The number of halogens is 1. The number of nitrogens with zero attached hydrogens (tertiary/aromatic N) is 1. The third kappa shape index (κ3) is 4.82. The molecule has 2 aromatic rings. The SMILES string of the molecule is N=C(/C=C\Nc1ncccc1F)NC(=O)Cc1ccccc1. The van der Waals surface area contributed by atoms with E-state index in [0.29, 0.717) is 0 Å². The number of hydrogen-bond donors (Lipinski definition) is 3. The molecule has 2 rings (SSSR count). The van der Waals surface area contributed by atoms with E-state index in [9.17, 15) is 9.18 Å². The minimum absolute atomic E-state index is 0.0576. The van der Waals surface area contributed by atoms with Crippen LogP contribution in [-0.4, -0.2) is 16.7 Å². The summed E-state index contributed by atoms with van der Waals surface area (Å²) in [6.45, 7) is 0. The van der Waals surface area contributed by atoms with Crippen molar-refractivity contribution in [2.45, 2.75) is 6.42 Å². The Morgan fingerprint density at radius 3 is 2.73 bits per heavy atom. The lowest BCUT2D eigenvalue weighted by molar-refractivity contribution is -0.119. The van der Waals surface area contributed by atoms with Crippen molar-refractivity contribution in [3.05, 3.63) is 72.3 Å². The van der Waals surface area contributed by atoms with Crippen molar-refractivity contribution in [2.75, 3.05) is 5.32 Å². The van der Waals surface area contributed by atoms with Crippen LogP contribution in [0.4, 0.5) is 10.2 Å². The van der Waals surface area contributed by atoms with Crippen LogP contribution in [0.1, 0.15) is 5.56 Å². The first-order valence-corrected chi connectivity index (χ1v) is 6.61. The van der Waals surface area contributed by atoms with E-state index in [0.717, 1.165) is 5.56 Å². The van der Waals surface area contributed by atoms with Gasteiger partial charge in [0, 0.05) is 12.4 Å². The molecule has 0 radical (unpaired) electrons. The van der Waals surface area contributed by atoms with Crippen LogP contribution in [0.15, 0.2) is 60.9 Å². The van der Waals surface area contributed by atoms with E-state index in [2.05, 4.69) is 15.6 Å². The molecular weight excluding hydrogens is 283 g/mol. The first-order chi connectivity index (χ1) is 10.6. The number of amides is 1. The van der Waals surface area contributed by atoms with Gasteiger partial charge in [0.15, 0.2) is 11.6 Å². The van der Waals surface area contributed by atoms with Gasteiger partial charge in [-0.25, -0.2) is 9.37 Å². The zero-order chi connectivity index (χ0) is 15.8. The molecule has 0 saturated carbocycles. The molecule has 1 heterocycles. The summed E-state index contributed by atoms with van der Waals surface area (Å²) < 4.78 is 13.3. The average molecular weight is 298 g/mol. The molecule has 5 nitrogen and oxygen atoms in total. The molecule has 0 atom stereocenters. The van der Waals surface area contributed by atoms with E-state index >= 15 is 0 Å². The summed E-state index contributed by atoms with van der Waals surface area (Å²) in [5.41, 5.74) is 0.866. The second-order valence-corrected chi connectivity index (χ2v) is 4.44. The lowest BCUT2D eigenvalue weighted by atomic mass is 10.1. The van der Waals surface area contributed by atoms with Crippen molar-refractivity contribution in [3.63, 3.8) is 0 Å². The summed E-state index contributed by atoms with van der Waals surface area (Å²) in [5, 5.41) is 12.7. The highest BCUT2D eigenvalue weighted by molar-refractivity contribution is 6.03. The first kappa shape index (κ1) is 15.4. The van der Waals surface area contributed by atoms with Crippen molar-refractivity contribution < 1.29 is 9.18 Å². The fourth-order valence-corrected chi connectivity index (χ4v) is 1.71. The van der Waals surface area contributed by atoms with Gasteiger partial charge in [0.25, 0.3) is 0 Å². The quantitative estimate of drug-likeness (QED) is 0.586. The number of nitrogens with one attached hydrogen (secondary N) is 3. The molecule has 1 amide bonds. The normalized spacial score (nSPS) is 10.4. The number of amidine groups is 1. The lowest BCUT2D eigenvalue weighted by Gasteiger charge is -2.04. The number of hydrogen-bond acceptors (Lipinski definition) is 4. The fourth-order valence-electron chi connectivity index (χ4n) is 1.71. The van der Waals surface area contributed by atoms with Crippen LogP contribution in [0, 0.1) is 11.2 Å². The molecule has 0 bridgehead atoms. The van der Waals surface area contributed by atoms with Gasteiger partial charge < -0.3 is 10.6 Å². The maximum absolute atomic E-state index is 13.3. The Morgan fingerprint density at radius 2 is 2.00 bits per heavy atom. The Labute approximate surface area is 127 Å². The predicted octanol–water partition coefficient (Wildman–Crippen LogP) is 2.48. The minimum atomic E-state index is -0.494. The minimum Gasteiger partial charge on any atom is -0.344 e. The summed E-state index contributed by atoms with van der Waals surface area (Å²) in [6.07, 6.45) is 4.30. The number of pyridine rings is 1. The van der Waals surface area contributed by atoms with Crippen molar-refractivity contribution in [1.82, 2.24) is 10.3 Å². The Morgan fingerprint density at radius 1 is 1.23 bits per heavy atom. The average Bonchev–Trinajstić information content (AvgIpc) is 2.50. The summed E-state index contributed by atoms with van der Waals surface area (Å²) in [7, 11) is 0. The monoisotopic (exact) mass is 298 g/mol. The zero-order valence-corrected chi connectivity index (χ0v) is 11.7. The van der Waals surface area contributed by atoms with E-state index in [1.165, 1.54) is 30.6 Å². The van der Waals surface area contributed by atoms with Gasteiger partial charge in [0.2, 0.25) is 5.91 Å². The Hall–Kier alpha value is -3.02. The maximum atomic E-state index is 13.3. The molecule has 0 fully saturated rings. The molecule has 0 aliphatic heterocycles. The molecule has 0 unspecified atom stereocenters. The second kappa shape index (κ2) is 7.68. The van der Waals surface area contributed by atoms with Crippen molar-refractivity contribution in [3.8, 4) is 0 Å².